The molecule has 3 heterocycles. The Hall–Kier alpha value is -2.44. The van der Waals surface area contributed by atoms with Crippen molar-refractivity contribution in [1.29, 1.82) is 0 Å². The molecule has 0 saturated carbocycles. The van der Waals surface area contributed by atoms with Crippen LogP contribution in [0.3, 0.4) is 0 Å². The molecule has 0 fully saturated rings. The molecule has 3 aromatic rings. The molecule has 0 unspecified atom stereocenters. The molecule has 0 radical (unpaired) electrons. The van der Waals surface area contributed by atoms with E-state index in [0.717, 1.165) is 0 Å². The first-order chi connectivity index (χ1) is 9.15. The second-order valence-corrected chi connectivity index (χ2v) is 4.57. The number of aromatic nitrogens is 5. The number of hydrogen-bond donors (Lipinski definition) is 0. The highest BCUT2D eigenvalue weighted by Gasteiger charge is 2.13. The smallest absolute Gasteiger partial charge is 0.337 e. The predicted octanol–water partition coefficient (Wildman–Crippen LogP) is 1.05. The quantitative estimate of drug-likeness (QED) is 0.702. The second kappa shape index (κ2) is 4.34. The first-order valence-electron chi connectivity index (χ1n) is 6.02. The fraction of sp³-hybridized carbons (Fsp3) is 0.333. The Kier molecular flexibility index (Phi) is 2.66. The molecule has 0 N–H and O–H groups in total. The second-order valence-electron chi connectivity index (χ2n) is 4.57. The van der Waals surface area contributed by atoms with Crippen LogP contribution in [0.1, 0.15) is 31.5 Å². The summed E-state index contributed by atoms with van der Waals surface area (Å²) in [6.45, 7) is 4.14. The van der Waals surface area contributed by atoms with Gasteiger partial charge in [0.25, 0.3) is 0 Å². The third-order valence-corrected chi connectivity index (χ3v) is 2.77. The van der Waals surface area contributed by atoms with Gasteiger partial charge in [-0.1, -0.05) is 25.1 Å². The molecule has 0 aliphatic carbocycles. The highest BCUT2D eigenvalue weighted by atomic mass is 16.5. The van der Waals surface area contributed by atoms with Gasteiger partial charge < -0.3 is 4.52 Å². The molecule has 0 bridgehead atoms. The lowest BCUT2D eigenvalue weighted by Crippen LogP contribution is -2.21. The van der Waals surface area contributed by atoms with Crippen LogP contribution in [-0.2, 0) is 6.54 Å². The highest BCUT2D eigenvalue weighted by Crippen LogP contribution is 2.09. The Morgan fingerprint density at radius 3 is 2.89 bits per heavy atom. The molecule has 19 heavy (non-hydrogen) atoms. The van der Waals surface area contributed by atoms with Crippen molar-refractivity contribution in [2.24, 2.45) is 0 Å². The molecular formula is C12H13N5O2. The maximum absolute atomic E-state index is 12.0. The summed E-state index contributed by atoms with van der Waals surface area (Å²) in [5.74, 6) is 1.20. The molecule has 0 aliphatic heterocycles. The zero-order valence-electron chi connectivity index (χ0n) is 10.6. The zero-order chi connectivity index (χ0) is 13.4. The minimum atomic E-state index is -0.222. The van der Waals surface area contributed by atoms with Crippen LogP contribution in [0.4, 0.5) is 0 Å². The van der Waals surface area contributed by atoms with Gasteiger partial charge in [-0.25, -0.2) is 9.48 Å². The third kappa shape index (κ3) is 2.03. The summed E-state index contributed by atoms with van der Waals surface area (Å²) in [4.78, 5) is 16.3. The Balaban J connectivity index is 1.96. The summed E-state index contributed by atoms with van der Waals surface area (Å²) >= 11 is 0. The van der Waals surface area contributed by atoms with E-state index in [1.165, 1.54) is 9.08 Å². The highest BCUT2D eigenvalue weighted by molar-refractivity contribution is 5.35. The van der Waals surface area contributed by atoms with Crippen LogP contribution < -0.4 is 5.69 Å². The van der Waals surface area contributed by atoms with Gasteiger partial charge in [0.2, 0.25) is 5.89 Å². The first kappa shape index (κ1) is 11.6. The summed E-state index contributed by atoms with van der Waals surface area (Å²) in [7, 11) is 0. The molecule has 7 nitrogen and oxygen atoms in total. The molecule has 0 spiro atoms. The van der Waals surface area contributed by atoms with Gasteiger partial charge in [-0.05, 0) is 12.1 Å². The van der Waals surface area contributed by atoms with E-state index < -0.39 is 0 Å². The average Bonchev–Trinajstić information content (AvgIpc) is 2.97. The number of nitrogens with zero attached hydrogens (tertiary/aromatic N) is 5. The summed E-state index contributed by atoms with van der Waals surface area (Å²) in [6.07, 6.45) is 1.68. The van der Waals surface area contributed by atoms with Gasteiger partial charge in [0, 0.05) is 12.1 Å². The topological polar surface area (TPSA) is 78.2 Å². The lowest BCUT2D eigenvalue weighted by molar-refractivity contribution is 0.358. The maximum Gasteiger partial charge on any atom is 0.350 e. The summed E-state index contributed by atoms with van der Waals surface area (Å²) in [5.41, 5.74) is 0.371. The van der Waals surface area contributed by atoms with Crippen LogP contribution in [-0.4, -0.2) is 24.3 Å². The number of hydrogen-bond acceptors (Lipinski definition) is 5. The molecule has 7 heteroatoms. The lowest BCUT2D eigenvalue weighted by Gasteiger charge is -1.93. The minimum Gasteiger partial charge on any atom is -0.337 e. The van der Waals surface area contributed by atoms with E-state index in [9.17, 15) is 4.79 Å². The third-order valence-electron chi connectivity index (χ3n) is 2.77. The summed E-state index contributed by atoms with van der Waals surface area (Å²) in [5, 5.41) is 8.06. The van der Waals surface area contributed by atoms with Crippen molar-refractivity contribution in [3.8, 4) is 0 Å². The van der Waals surface area contributed by atoms with Crippen molar-refractivity contribution in [3.05, 3.63) is 46.6 Å². The average molecular weight is 259 g/mol. The van der Waals surface area contributed by atoms with Crippen LogP contribution in [0.2, 0.25) is 0 Å². The van der Waals surface area contributed by atoms with Crippen LogP contribution >= 0.6 is 0 Å². The number of fused-ring (bicyclic) bond motifs is 1. The molecule has 98 valence electrons. The molecule has 0 amide bonds. The van der Waals surface area contributed by atoms with E-state index in [1.807, 2.05) is 19.9 Å². The van der Waals surface area contributed by atoms with Crippen LogP contribution in [0.25, 0.3) is 5.65 Å². The van der Waals surface area contributed by atoms with Crippen molar-refractivity contribution in [2.75, 3.05) is 0 Å². The molecule has 3 rings (SSSR count). The van der Waals surface area contributed by atoms with Crippen molar-refractivity contribution < 1.29 is 4.52 Å². The molecule has 0 aromatic carbocycles. The normalized spacial score (nSPS) is 11.5. The Labute approximate surface area is 108 Å². The standard InChI is InChI=1S/C12H13N5O2/c1-8(2)11-13-10(19-15-11)7-17-12(18)16-6-4-3-5-9(16)14-17/h3-6,8H,7H2,1-2H3. The summed E-state index contributed by atoms with van der Waals surface area (Å²) < 4.78 is 7.90. The van der Waals surface area contributed by atoms with Gasteiger partial charge in [-0.15, -0.1) is 5.10 Å². The van der Waals surface area contributed by atoms with E-state index in [2.05, 4.69) is 15.2 Å². The van der Waals surface area contributed by atoms with Gasteiger partial charge in [0.1, 0.15) is 6.54 Å². The molecular weight excluding hydrogens is 246 g/mol. The van der Waals surface area contributed by atoms with Crippen LogP contribution in [0.15, 0.2) is 33.7 Å². The molecule has 0 atom stereocenters. The Morgan fingerprint density at radius 1 is 1.37 bits per heavy atom. The minimum absolute atomic E-state index is 0.181. The van der Waals surface area contributed by atoms with Gasteiger partial charge in [0.05, 0.1) is 0 Å². The fourth-order valence-corrected chi connectivity index (χ4v) is 1.77. The van der Waals surface area contributed by atoms with E-state index in [1.54, 1.807) is 18.3 Å². The van der Waals surface area contributed by atoms with Crippen LogP contribution in [0, 0.1) is 0 Å². The Bertz CT molecular complexity index is 768. The molecule has 0 aliphatic rings. The number of rotatable bonds is 3. The van der Waals surface area contributed by atoms with Crippen LogP contribution in [0.5, 0.6) is 0 Å². The Morgan fingerprint density at radius 2 is 2.21 bits per heavy atom. The molecule has 0 saturated heterocycles. The maximum atomic E-state index is 12.0. The van der Waals surface area contributed by atoms with E-state index in [-0.39, 0.29) is 18.2 Å². The zero-order valence-corrected chi connectivity index (χ0v) is 10.6. The lowest BCUT2D eigenvalue weighted by atomic mass is 10.2. The monoisotopic (exact) mass is 259 g/mol. The fourth-order valence-electron chi connectivity index (χ4n) is 1.77. The van der Waals surface area contributed by atoms with Gasteiger partial charge in [-0.3, -0.25) is 4.40 Å². The van der Waals surface area contributed by atoms with Crippen molar-refractivity contribution in [2.45, 2.75) is 26.3 Å². The van der Waals surface area contributed by atoms with Gasteiger partial charge in [0.15, 0.2) is 11.5 Å². The van der Waals surface area contributed by atoms with Crippen molar-refractivity contribution in [3.63, 3.8) is 0 Å². The van der Waals surface area contributed by atoms with E-state index >= 15 is 0 Å². The van der Waals surface area contributed by atoms with E-state index in [0.29, 0.717) is 17.4 Å². The number of pyridine rings is 1. The predicted molar refractivity (Wildman–Crippen MR) is 66.9 cm³/mol. The van der Waals surface area contributed by atoms with E-state index in [4.69, 9.17) is 4.52 Å². The van der Waals surface area contributed by atoms with Crippen molar-refractivity contribution in [1.82, 2.24) is 24.3 Å². The van der Waals surface area contributed by atoms with Gasteiger partial charge in [-0.2, -0.15) is 4.98 Å². The SMILES string of the molecule is CC(C)c1noc(Cn2nc3ccccn3c2=O)n1. The van der Waals surface area contributed by atoms with Gasteiger partial charge >= 0.3 is 5.69 Å². The van der Waals surface area contributed by atoms with Crippen molar-refractivity contribution >= 4 is 5.65 Å². The molecule has 3 aromatic heterocycles. The summed E-state index contributed by atoms with van der Waals surface area (Å²) in [6, 6.07) is 5.38. The first-order valence-corrected chi connectivity index (χ1v) is 6.02. The largest absolute Gasteiger partial charge is 0.350 e.